The van der Waals surface area contributed by atoms with Gasteiger partial charge in [-0.1, -0.05) is 19.4 Å². The van der Waals surface area contributed by atoms with Crippen LogP contribution in [0.4, 0.5) is 4.39 Å². The topological polar surface area (TPSA) is 52.7 Å². The Morgan fingerprint density at radius 2 is 2.03 bits per heavy atom. The summed E-state index contributed by atoms with van der Waals surface area (Å²) in [6, 6.07) is 5.19. The molecular weight excluding hydrogens is 369 g/mol. The van der Waals surface area contributed by atoms with Crippen molar-refractivity contribution in [2.45, 2.75) is 58.0 Å². The van der Waals surface area contributed by atoms with Gasteiger partial charge in [0.1, 0.15) is 5.82 Å². The number of nitrogens with one attached hydrogen (secondary N) is 1. The van der Waals surface area contributed by atoms with E-state index in [0.717, 1.165) is 38.8 Å². The molecule has 2 amide bonds. The quantitative estimate of drug-likeness (QED) is 0.844. The summed E-state index contributed by atoms with van der Waals surface area (Å²) >= 11 is 0. The Balaban J connectivity index is 1.43. The molecular formula is C23H32FN3O2. The van der Waals surface area contributed by atoms with Gasteiger partial charge in [-0.05, 0) is 50.8 Å². The summed E-state index contributed by atoms with van der Waals surface area (Å²) < 4.78 is 13.9. The summed E-state index contributed by atoms with van der Waals surface area (Å²) in [5.74, 6) is 0.111. The Kier molecular flexibility index (Phi) is 5.40. The van der Waals surface area contributed by atoms with Gasteiger partial charge in [-0.15, -0.1) is 0 Å². The van der Waals surface area contributed by atoms with E-state index >= 15 is 0 Å². The van der Waals surface area contributed by atoms with Crippen LogP contribution in [-0.2, 0) is 4.79 Å². The number of halogens is 1. The fourth-order valence-corrected chi connectivity index (χ4v) is 5.56. The molecule has 29 heavy (non-hydrogen) atoms. The van der Waals surface area contributed by atoms with Gasteiger partial charge in [-0.2, -0.15) is 0 Å². The second-order valence-corrected chi connectivity index (χ2v) is 9.21. The lowest BCUT2D eigenvalue weighted by molar-refractivity contribution is -0.123. The molecule has 3 saturated heterocycles. The number of amides is 2. The normalized spacial score (nSPS) is 27.2. The van der Waals surface area contributed by atoms with E-state index in [-0.39, 0.29) is 29.1 Å². The van der Waals surface area contributed by atoms with Crippen LogP contribution in [0.3, 0.4) is 0 Å². The van der Waals surface area contributed by atoms with Gasteiger partial charge in [0.25, 0.3) is 5.91 Å². The third kappa shape index (κ3) is 3.56. The summed E-state index contributed by atoms with van der Waals surface area (Å²) in [5.41, 5.74) is 0.748. The average molecular weight is 402 g/mol. The zero-order chi connectivity index (χ0) is 20.8. The molecule has 3 aliphatic rings. The van der Waals surface area contributed by atoms with Crippen LogP contribution in [0.5, 0.6) is 0 Å². The molecule has 3 fully saturated rings. The summed E-state index contributed by atoms with van der Waals surface area (Å²) in [7, 11) is 0. The van der Waals surface area contributed by atoms with Crippen LogP contribution in [-0.4, -0.2) is 59.4 Å². The van der Waals surface area contributed by atoms with Crippen molar-refractivity contribution in [1.82, 2.24) is 15.1 Å². The Bertz CT molecular complexity index is 803. The number of hydrogen-bond donors (Lipinski definition) is 1. The molecule has 0 aromatic heterocycles. The Hall–Kier alpha value is -1.95. The second kappa shape index (κ2) is 7.71. The number of piperidine rings is 1. The predicted molar refractivity (Wildman–Crippen MR) is 110 cm³/mol. The number of nitrogens with zero attached hydrogens (tertiary/aromatic N) is 2. The lowest BCUT2D eigenvalue weighted by Crippen LogP contribution is -2.56. The minimum atomic E-state index is -0.345. The standard InChI is InChI=1S/C23H32FN3O2/c1-4-5-16(3)27-13-18-19(14-27)23(25-21(18)28)8-10-26(11-9-23)22(29)17-7-6-15(2)20(24)12-17/h6-7,12,16,18-19H,4-5,8-11,13-14H2,1-3H3,(H,25,28)/t16?,18-,19+/m1/s1. The number of likely N-dealkylation sites (tertiary alicyclic amines) is 2. The van der Waals surface area contributed by atoms with Gasteiger partial charge in [0.15, 0.2) is 0 Å². The third-order valence-electron chi connectivity index (χ3n) is 7.46. The average Bonchev–Trinajstić information content (AvgIpc) is 3.25. The van der Waals surface area contributed by atoms with Crippen LogP contribution in [0.1, 0.15) is 55.5 Å². The van der Waals surface area contributed by atoms with Crippen molar-refractivity contribution in [3.8, 4) is 0 Å². The Morgan fingerprint density at radius 3 is 2.69 bits per heavy atom. The number of benzene rings is 1. The smallest absolute Gasteiger partial charge is 0.253 e. The highest BCUT2D eigenvalue weighted by molar-refractivity contribution is 5.94. The van der Waals surface area contributed by atoms with E-state index in [9.17, 15) is 14.0 Å². The van der Waals surface area contributed by atoms with Crippen molar-refractivity contribution in [2.75, 3.05) is 26.2 Å². The SMILES string of the molecule is CCCC(C)N1C[C@H]2C(=O)NC3(CCN(C(=O)c4ccc(C)c(F)c4)CC3)[C@H]2C1. The molecule has 6 heteroatoms. The van der Waals surface area contributed by atoms with E-state index in [1.807, 2.05) is 0 Å². The molecule has 1 aromatic carbocycles. The van der Waals surface area contributed by atoms with Crippen LogP contribution in [0.25, 0.3) is 0 Å². The molecule has 158 valence electrons. The highest BCUT2D eigenvalue weighted by Crippen LogP contribution is 2.44. The molecule has 5 nitrogen and oxygen atoms in total. The molecule has 0 radical (unpaired) electrons. The minimum Gasteiger partial charge on any atom is -0.350 e. The molecule has 3 atom stereocenters. The van der Waals surface area contributed by atoms with Crippen LogP contribution < -0.4 is 5.32 Å². The first kappa shape index (κ1) is 20.3. The molecule has 0 bridgehead atoms. The molecule has 4 rings (SSSR count). The fraction of sp³-hybridized carbons (Fsp3) is 0.652. The van der Waals surface area contributed by atoms with E-state index in [1.165, 1.54) is 6.07 Å². The van der Waals surface area contributed by atoms with E-state index in [2.05, 4.69) is 24.1 Å². The van der Waals surface area contributed by atoms with E-state index in [0.29, 0.717) is 36.2 Å². The van der Waals surface area contributed by atoms with Crippen LogP contribution in [0, 0.1) is 24.6 Å². The molecule has 1 spiro atoms. The zero-order valence-corrected chi connectivity index (χ0v) is 17.7. The van der Waals surface area contributed by atoms with Crippen molar-refractivity contribution < 1.29 is 14.0 Å². The Labute approximate surface area is 172 Å². The molecule has 3 aliphatic heterocycles. The summed E-state index contributed by atoms with van der Waals surface area (Å²) in [6.45, 7) is 9.17. The largest absolute Gasteiger partial charge is 0.350 e. The maximum Gasteiger partial charge on any atom is 0.253 e. The number of aryl methyl sites for hydroxylation is 1. The van der Waals surface area contributed by atoms with E-state index in [4.69, 9.17) is 0 Å². The van der Waals surface area contributed by atoms with Gasteiger partial charge in [-0.25, -0.2) is 4.39 Å². The van der Waals surface area contributed by atoms with Crippen LogP contribution in [0.2, 0.25) is 0 Å². The van der Waals surface area contributed by atoms with Crippen LogP contribution >= 0.6 is 0 Å². The summed E-state index contributed by atoms with van der Waals surface area (Å²) in [6.07, 6.45) is 3.86. The number of hydrogen-bond acceptors (Lipinski definition) is 3. The molecule has 3 heterocycles. The van der Waals surface area contributed by atoms with Crippen molar-refractivity contribution in [3.05, 3.63) is 35.1 Å². The number of fused-ring (bicyclic) bond motifs is 2. The van der Waals surface area contributed by atoms with Crippen molar-refractivity contribution in [2.24, 2.45) is 11.8 Å². The first-order valence-electron chi connectivity index (χ1n) is 11.0. The maximum atomic E-state index is 13.9. The van der Waals surface area contributed by atoms with Gasteiger partial charge in [-0.3, -0.25) is 14.5 Å². The Morgan fingerprint density at radius 1 is 1.31 bits per heavy atom. The zero-order valence-electron chi connectivity index (χ0n) is 17.7. The van der Waals surface area contributed by atoms with Crippen molar-refractivity contribution in [1.29, 1.82) is 0 Å². The molecule has 0 saturated carbocycles. The second-order valence-electron chi connectivity index (χ2n) is 9.21. The maximum absolute atomic E-state index is 13.9. The van der Waals surface area contributed by atoms with Gasteiger partial charge < -0.3 is 10.2 Å². The van der Waals surface area contributed by atoms with Gasteiger partial charge in [0, 0.05) is 49.2 Å². The first-order valence-corrected chi connectivity index (χ1v) is 11.0. The number of carbonyl (C=O) groups excluding carboxylic acids is 2. The lowest BCUT2D eigenvalue weighted by atomic mass is 9.75. The minimum absolute atomic E-state index is 0.0720. The molecule has 1 aromatic rings. The molecule has 1 N–H and O–H groups in total. The lowest BCUT2D eigenvalue weighted by Gasteiger charge is -2.43. The van der Waals surface area contributed by atoms with E-state index < -0.39 is 0 Å². The van der Waals surface area contributed by atoms with Gasteiger partial charge in [0.2, 0.25) is 5.91 Å². The van der Waals surface area contributed by atoms with Crippen molar-refractivity contribution in [3.63, 3.8) is 0 Å². The summed E-state index contributed by atoms with van der Waals surface area (Å²) in [4.78, 5) is 29.8. The summed E-state index contributed by atoms with van der Waals surface area (Å²) in [5, 5.41) is 3.32. The van der Waals surface area contributed by atoms with E-state index in [1.54, 1.807) is 24.0 Å². The van der Waals surface area contributed by atoms with Crippen LogP contribution in [0.15, 0.2) is 18.2 Å². The molecule has 1 unspecified atom stereocenters. The predicted octanol–water partition coefficient (Wildman–Crippen LogP) is 2.98. The number of rotatable bonds is 4. The number of carbonyl (C=O) groups is 2. The fourth-order valence-electron chi connectivity index (χ4n) is 5.56. The highest BCUT2D eigenvalue weighted by Gasteiger charge is 2.57. The third-order valence-corrected chi connectivity index (χ3v) is 7.46. The first-order chi connectivity index (χ1) is 13.8. The van der Waals surface area contributed by atoms with Gasteiger partial charge >= 0.3 is 0 Å². The highest BCUT2D eigenvalue weighted by atomic mass is 19.1. The van der Waals surface area contributed by atoms with Gasteiger partial charge in [0.05, 0.1) is 5.92 Å². The monoisotopic (exact) mass is 401 g/mol. The molecule has 0 aliphatic carbocycles. The van der Waals surface area contributed by atoms with Crippen molar-refractivity contribution >= 4 is 11.8 Å².